The largest absolute Gasteiger partial charge is 0.464 e. The van der Waals surface area contributed by atoms with Gasteiger partial charge in [0.2, 0.25) is 10.0 Å². The van der Waals surface area contributed by atoms with Crippen molar-refractivity contribution < 1.29 is 27.5 Å². The highest BCUT2D eigenvalue weighted by Crippen LogP contribution is 2.26. The summed E-state index contributed by atoms with van der Waals surface area (Å²) in [6.45, 7) is 9.33. The zero-order valence-electron chi connectivity index (χ0n) is 21.7. The molecule has 3 aromatic rings. The fraction of sp³-hybridized carbons (Fsp3) is 0.464. The first kappa shape index (κ1) is 27.9. The average Bonchev–Trinajstić information content (AvgIpc) is 3.25. The third kappa shape index (κ3) is 7.66. The molecule has 7 nitrogen and oxygen atoms in total. The number of carbonyl (C=O) groups is 1. The zero-order valence-corrected chi connectivity index (χ0v) is 22.5. The minimum Gasteiger partial charge on any atom is -0.464 e. The number of esters is 1. The van der Waals surface area contributed by atoms with Gasteiger partial charge in [-0.25, -0.2) is 8.42 Å². The van der Waals surface area contributed by atoms with Crippen LogP contribution in [-0.2, 0) is 26.0 Å². The second kappa shape index (κ2) is 11.6. The first-order valence-electron chi connectivity index (χ1n) is 12.3. The van der Waals surface area contributed by atoms with Crippen LogP contribution in [0.15, 0.2) is 70.2 Å². The van der Waals surface area contributed by atoms with E-state index in [1.54, 1.807) is 39.0 Å². The highest BCUT2D eigenvalue weighted by atomic mass is 32.2. The van der Waals surface area contributed by atoms with Crippen LogP contribution in [0.25, 0.3) is 11.0 Å². The van der Waals surface area contributed by atoms with Gasteiger partial charge in [-0.1, -0.05) is 44.2 Å². The highest BCUT2D eigenvalue weighted by Gasteiger charge is 2.32. The van der Waals surface area contributed by atoms with Crippen molar-refractivity contribution in [1.29, 1.82) is 0 Å². The topological polar surface area (TPSA) is 97.0 Å². The Kier molecular flexibility index (Phi) is 8.98. The molecule has 0 unspecified atom stereocenters. The van der Waals surface area contributed by atoms with Crippen molar-refractivity contribution >= 4 is 27.0 Å². The Morgan fingerprint density at radius 2 is 1.75 bits per heavy atom. The van der Waals surface area contributed by atoms with Crippen molar-refractivity contribution in [2.45, 2.75) is 64.1 Å². The molecule has 0 saturated heterocycles. The Morgan fingerprint density at radius 1 is 1.06 bits per heavy atom. The molecule has 0 aliphatic carbocycles. The molecule has 2 atom stereocenters. The summed E-state index contributed by atoms with van der Waals surface area (Å²) >= 11 is 0. The van der Waals surface area contributed by atoms with Crippen LogP contribution in [-0.4, -0.2) is 48.6 Å². The van der Waals surface area contributed by atoms with E-state index in [4.69, 9.17) is 9.15 Å². The van der Waals surface area contributed by atoms with Crippen LogP contribution >= 0.6 is 0 Å². The van der Waals surface area contributed by atoms with Gasteiger partial charge in [-0.3, -0.25) is 4.79 Å². The molecule has 0 aliphatic heterocycles. The number of rotatable bonds is 11. The summed E-state index contributed by atoms with van der Waals surface area (Å²) in [6, 6.07) is 16.0. The van der Waals surface area contributed by atoms with Crippen molar-refractivity contribution in [2.75, 3.05) is 13.1 Å². The number of hydrogen-bond acceptors (Lipinski definition) is 6. The van der Waals surface area contributed by atoms with E-state index in [0.29, 0.717) is 17.4 Å². The number of benzene rings is 2. The van der Waals surface area contributed by atoms with E-state index >= 15 is 0 Å². The van der Waals surface area contributed by atoms with Crippen LogP contribution in [0.5, 0.6) is 0 Å². The number of sulfonamides is 1. The zero-order chi connectivity index (χ0) is 26.5. The number of aliphatic hydroxyl groups is 1. The lowest BCUT2D eigenvalue weighted by Crippen LogP contribution is -2.43. The minimum atomic E-state index is -3.91. The second-order valence-electron chi connectivity index (χ2n) is 10.6. The highest BCUT2D eigenvalue weighted by molar-refractivity contribution is 7.89. The van der Waals surface area contributed by atoms with Crippen molar-refractivity contribution in [1.82, 2.24) is 4.31 Å². The Bertz CT molecular complexity index is 1240. The first-order valence-corrected chi connectivity index (χ1v) is 13.7. The van der Waals surface area contributed by atoms with Crippen molar-refractivity contribution in [2.24, 2.45) is 11.8 Å². The van der Waals surface area contributed by atoms with Gasteiger partial charge in [-0.15, -0.1) is 0 Å². The van der Waals surface area contributed by atoms with Crippen LogP contribution in [0, 0.1) is 11.8 Å². The molecule has 36 heavy (non-hydrogen) atoms. The molecule has 0 fully saturated rings. The molecule has 0 bridgehead atoms. The molecule has 1 heterocycles. The van der Waals surface area contributed by atoms with Crippen LogP contribution in [0.3, 0.4) is 0 Å². The van der Waals surface area contributed by atoms with Gasteiger partial charge in [0.05, 0.1) is 23.7 Å². The lowest BCUT2D eigenvalue weighted by Gasteiger charge is -2.30. The summed E-state index contributed by atoms with van der Waals surface area (Å²) in [4.78, 5) is 12.8. The molecule has 196 valence electrons. The smallest absolute Gasteiger partial charge is 0.306 e. The lowest BCUT2D eigenvalue weighted by molar-refractivity contribution is -0.157. The maximum Gasteiger partial charge on any atom is 0.306 e. The van der Waals surface area contributed by atoms with Crippen molar-refractivity contribution in [3.8, 4) is 0 Å². The number of fused-ring (bicyclic) bond motifs is 1. The normalized spacial score (nSPS) is 14.3. The van der Waals surface area contributed by atoms with E-state index < -0.39 is 33.6 Å². The van der Waals surface area contributed by atoms with Gasteiger partial charge in [0.25, 0.3) is 0 Å². The Hall–Kier alpha value is -2.68. The quantitative estimate of drug-likeness (QED) is 0.360. The van der Waals surface area contributed by atoms with Gasteiger partial charge in [-0.05, 0) is 62.9 Å². The van der Waals surface area contributed by atoms with Gasteiger partial charge in [-0.2, -0.15) is 4.31 Å². The molecule has 0 aliphatic rings. The standard InChI is InChI=1S/C28H37NO6S/c1-20(2)18-29(36(32,33)24-11-12-26-22(16-24)13-14-34-26)19-25(30)23(15-21-9-7-6-8-10-21)17-27(31)35-28(3,4)5/h6-14,16,20,23,25,30H,15,17-19H2,1-5H3/t23-,25-/m1/s1. The van der Waals surface area contributed by atoms with Crippen LogP contribution < -0.4 is 0 Å². The summed E-state index contributed by atoms with van der Waals surface area (Å²) in [5.41, 5.74) is 0.899. The molecule has 1 aromatic heterocycles. The number of furan rings is 1. The molecule has 1 N–H and O–H groups in total. The summed E-state index contributed by atoms with van der Waals surface area (Å²) in [5.74, 6) is -0.919. The number of aliphatic hydroxyl groups excluding tert-OH is 1. The predicted molar refractivity (Wildman–Crippen MR) is 140 cm³/mol. The van der Waals surface area contributed by atoms with E-state index in [0.717, 1.165) is 5.56 Å². The Morgan fingerprint density at radius 3 is 2.39 bits per heavy atom. The summed E-state index contributed by atoms with van der Waals surface area (Å²) in [7, 11) is -3.91. The first-order chi connectivity index (χ1) is 16.8. The van der Waals surface area contributed by atoms with E-state index in [2.05, 4.69) is 0 Å². The van der Waals surface area contributed by atoms with Gasteiger partial charge >= 0.3 is 5.97 Å². The molecule has 0 amide bonds. The van der Waals surface area contributed by atoms with Gasteiger partial charge in [0.15, 0.2) is 0 Å². The molecule has 2 aromatic carbocycles. The monoisotopic (exact) mass is 515 g/mol. The third-order valence-corrected chi connectivity index (χ3v) is 7.58. The molecule has 0 saturated carbocycles. The molecule has 8 heteroatoms. The van der Waals surface area contributed by atoms with E-state index in [1.165, 1.54) is 16.6 Å². The van der Waals surface area contributed by atoms with Crippen LogP contribution in [0.2, 0.25) is 0 Å². The second-order valence-corrected chi connectivity index (χ2v) is 12.6. The van der Waals surface area contributed by atoms with Gasteiger partial charge in [0, 0.05) is 24.4 Å². The fourth-order valence-corrected chi connectivity index (χ4v) is 5.81. The molecule has 0 radical (unpaired) electrons. The van der Waals surface area contributed by atoms with Crippen molar-refractivity contribution in [3.63, 3.8) is 0 Å². The Balaban J connectivity index is 1.87. The average molecular weight is 516 g/mol. The maximum atomic E-state index is 13.7. The Labute approximate surface area is 214 Å². The molecular formula is C28H37NO6S. The molecular weight excluding hydrogens is 478 g/mol. The van der Waals surface area contributed by atoms with E-state index in [9.17, 15) is 18.3 Å². The summed E-state index contributed by atoms with van der Waals surface area (Å²) in [5, 5.41) is 12.0. The van der Waals surface area contributed by atoms with Crippen LogP contribution in [0.1, 0.15) is 46.6 Å². The third-order valence-electron chi connectivity index (χ3n) is 5.75. The maximum absolute atomic E-state index is 13.7. The van der Waals surface area contributed by atoms with Gasteiger partial charge in [0.1, 0.15) is 11.2 Å². The number of hydrogen-bond donors (Lipinski definition) is 1. The SMILES string of the molecule is CC(C)CN(C[C@@H](O)[C@@H](CC(=O)OC(C)(C)C)Cc1ccccc1)S(=O)(=O)c1ccc2occc2c1. The lowest BCUT2D eigenvalue weighted by atomic mass is 9.90. The van der Waals surface area contributed by atoms with Crippen LogP contribution in [0.4, 0.5) is 0 Å². The number of carbonyl (C=O) groups excluding carboxylic acids is 1. The fourth-order valence-electron chi connectivity index (χ4n) is 4.15. The van der Waals surface area contributed by atoms with Gasteiger partial charge < -0.3 is 14.3 Å². The van der Waals surface area contributed by atoms with E-state index in [1.807, 2.05) is 44.2 Å². The number of nitrogens with zero attached hydrogens (tertiary/aromatic N) is 1. The molecule has 3 rings (SSSR count). The molecule has 0 spiro atoms. The van der Waals surface area contributed by atoms with Crippen molar-refractivity contribution in [3.05, 3.63) is 66.4 Å². The van der Waals surface area contributed by atoms with E-state index in [-0.39, 0.29) is 30.3 Å². The minimum absolute atomic E-state index is 0.0239. The number of ether oxygens (including phenoxy) is 1. The summed E-state index contributed by atoms with van der Waals surface area (Å²) in [6.07, 6.45) is 0.826. The summed E-state index contributed by atoms with van der Waals surface area (Å²) < 4.78 is 39.5. The predicted octanol–water partition coefficient (Wildman–Crippen LogP) is 5.03.